The molecule has 1 aliphatic rings. The van der Waals surface area contributed by atoms with Crippen molar-refractivity contribution in [3.63, 3.8) is 0 Å². The van der Waals surface area contributed by atoms with Crippen molar-refractivity contribution >= 4 is 45.1 Å². The van der Waals surface area contributed by atoms with E-state index in [0.717, 1.165) is 25.7 Å². The van der Waals surface area contributed by atoms with E-state index in [1.807, 2.05) is 0 Å². The number of hydrogen-bond donors (Lipinski definition) is 3. The zero-order valence-corrected chi connectivity index (χ0v) is 15.8. The Morgan fingerprint density at radius 2 is 1.92 bits per heavy atom. The third-order valence-corrected chi connectivity index (χ3v) is 4.74. The molecule has 24 heavy (non-hydrogen) atoms. The van der Waals surface area contributed by atoms with Crippen LogP contribution >= 0.6 is 28.1 Å². The fraction of sp³-hybridized carbons (Fsp3) is 0.438. The lowest BCUT2D eigenvalue weighted by Gasteiger charge is -2.21. The molecule has 2 rings (SSSR count). The van der Waals surface area contributed by atoms with Crippen LogP contribution in [0.2, 0.25) is 0 Å². The lowest BCUT2D eigenvalue weighted by Crippen LogP contribution is -2.50. The van der Waals surface area contributed by atoms with Gasteiger partial charge in [-0.05, 0) is 59.2 Å². The van der Waals surface area contributed by atoms with Crippen molar-refractivity contribution < 1.29 is 14.3 Å². The first-order valence-electron chi connectivity index (χ1n) is 7.76. The molecule has 1 saturated carbocycles. The first kappa shape index (κ1) is 18.7. The van der Waals surface area contributed by atoms with E-state index in [-0.39, 0.29) is 22.8 Å². The average molecular weight is 414 g/mol. The SMILES string of the molecule is COc1ccc(C(=O)NC(=S)NNC(=O)C2CCCCC2)cc1Br. The van der Waals surface area contributed by atoms with Gasteiger partial charge in [0.1, 0.15) is 5.75 Å². The highest BCUT2D eigenvalue weighted by Gasteiger charge is 2.21. The van der Waals surface area contributed by atoms with Crippen LogP contribution in [-0.4, -0.2) is 24.0 Å². The maximum absolute atomic E-state index is 12.1. The van der Waals surface area contributed by atoms with Crippen molar-refractivity contribution in [1.29, 1.82) is 0 Å². The van der Waals surface area contributed by atoms with Gasteiger partial charge in [-0.2, -0.15) is 0 Å². The Kier molecular flexibility index (Phi) is 6.99. The van der Waals surface area contributed by atoms with Crippen LogP contribution in [0.1, 0.15) is 42.5 Å². The van der Waals surface area contributed by atoms with E-state index in [2.05, 4.69) is 32.1 Å². The summed E-state index contributed by atoms with van der Waals surface area (Å²) >= 11 is 8.36. The predicted octanol–water partition coefficient (Wildman–Crippen LogP) is 2.67. The lowest BCUT2D eigenvalue weighted by molar-refractivity contribution is -0.126. The Hall–Kier alpha value is -1.67. The number of rotatable bonds is 3. The summed E-state index contributed by atoms with van der Waals surface area (Å²) in [6.45, 7) is 0. The number of amides is 2. The van der Waals surface area contributed by atoms with E-state index >= 15 is 0 Å². The van der Waals surface area contributed by atoms with Crippen molar-refractivity contribution in [2.24, 2.45) is 5.92 Å². The summed E-state index contributed by atoms with van der Waals surface area (Å²) < 4.78 is 5.79. The molecular formula is C16H20BrN3O3S. The number of halogens is 1. The third kappa shape index (κ3) is 5.17. The number of ether oxygens (including phenoxy) is 1. The molecule has 0 spiro atoms. The monoisotopic (exact) mass is 413 g/mol. The minimum absolute atomic E-state index is 0.0160. The molecule has 8 heteroatoms. The Morgan fingerprint density at radius 3 is 2.54 bits per heavy atom. The van der Waals surface area contributed by atoms with E-state index in [1.54, 1.807) is 25.3 Å². The van der Waals surface area contributed by atoms with Gasteiger partial charge in [-0.25, -0.2) is 0 Å². The van der Waals surface area contributed by atoms with E-state index in [4.69, 9.17) is 17.0 Å². The number of carbonyl (C=O) groups is 2. The molecule has 0 saturated heterocycles. The molecule has 0 unspecified atom stereocenters. The standard InChI is InChI=1S/C16H20BrN3O3S/c1-23-13-8-7-11(9-12(13)17)14(21)18-16(24)20-19-15(22)10-5-3-2-4-6-10/h7-10H,2-6H2,1H3,(H,19,22)(H2,18,20,21,24). The minimum Gasteiger partial charge on any atom is -0.496 e. The van der Waals surface area contributed by atoms with Gasteiger partial charge >= 0.3 is 0 Å². The summed E-state index contributed by atoms with van der Waals surface area (Å²) in [5.41, 5.74) is 5.57. The zero-order valence-electron chi connectivity index (χ0n) is 13.4. The van der Waals surface area contributed by atoms with Gasteiger partial charge in [-0.3, -0.25) is 25.8 Å². The molecule has 0 bridgehead atoms. The number of methoxy groups -OCH3 is 1. The summed E-state index contributed by atoms with van der Waals surface area (Å²) in [6.07, 6.45) is 5.12. The van der Waals surface area contributed by atoms with Crippen LogP contribution in [0.5, 0.6) is 5.75 Å². The molecule has 0 aromatic heterocycles. The Morgan fingerprint density at radius 1 is 1.21 bits per heavy atom. The molecule has 1 fully saturated rings. The molecule has 0 heterocycles. The van der Waals surface area contributed by atoms with Crippen molar-refractivity contribution in [3.8, 4) is 5.75 Å². The van der Waals surface area contributed by atoms with E-state index < -0.39 is 0 Å². The van der Waals surface area contributed by atoms with Gasteiger partial charge in [0, 0.05) is 11.5 Å². The second-order valence-electron chi connectivity index (χ2n) is 5.58. The first-order valence-corrected chi connectivity index (χ1v) is 8.96. The lowest BCUT2D eigenvalue weighted by atomic mass is 9.89. The zero-order chi connectivity index (χ0) is 17.5. The maximum Gasteiger partial charge on any atom is 0.257 e. The van der Waals surface area contributed by atoms with Gasteiger partial charge in [0.05, 0.1) is 11.6 Å². The van der Waals surface area contributed by atoms with Gasteiger partial charge in [0.15, 0.2) is 5.11 Å². The Bertz CT molecular complexity index is 633. The van der Waals surface area contributed by atoms with Crippen LogP contribution in [-0.2, 0) is 4.79 Å². The number of benzene rings is 1. The molecule has 0 radical (unpaired) electrons. The smallest absolute Gasteiger partial charge is 0.257 e. The fourth-order valence-corrected chi connectivity index (χ4v) is 3.28. The quantitative estimate of drug-likeness (QED) is 0.524. The van der Waals surface area contributed by atoms with Gasteiger partial charge in [-0.15, -0.1) is 0 Å². The van der Waals surface area contributed by atoms with E-state index in [9.17, 15) is 9.59 Å². The van der Waals surface area contributed by atoms with Gasteiger partial charge in [0.25, 0.3) is 5.91 Å². The summed E-state index contributed by atoms with van der Waals surface area (Å²) in [6, 6.07) is 4.94. The molecule has 3 N–H and O–H groups in total. The Labute approximate surface area is 154 Å². The number of hydrogen-bond acceptors (Lipinski definition) is 4. The molecule has 130 valence electrons. The molecule has 1 aliphatic carbocycles. The highest BCUT2D eigenvalue weighted by Crippen LogP contribution is 2.25. The molecule has 1 aromatic rings. The van der Waals surface area contributed by atoms with E-state index in [1.165, 1.54) is 6.42 Å². The molecule has 1 aromatic carbocycles. The second kappa shape index (κ2) is 8.98. The van der Waals surface area contributed by atoms with Crippen molar-refractivity contribution in [1.82, 2.24) is 16.2 Å². The molecule has 0 atom stereocenters. The van der Waals surface area contributed by atoms with Crippen LogP contribution in [0.4, 0.5) is 0 Å². The number of nitrogens with one attached hydrogen (secondary N) is 3. The summed E-state index contributed by atoms with van der Waals surface area (Å²) in [4.78, 5) is 24.1. The third-order valence-electron chi connectivity index (χ3n) is 3.92. The number of carbonyl (C=O) groups excluding carboxylic acids is 2. The van der Waals surface area contributed by atoms with Crippen molar-refractivity contribution in [2.45, 2.75) is 32.1 Å². The highest BCUT2D eigenvalue weighted by molar-refractivity contribution is 9.10. The summed E-state index contributed by atoms with van der Waals surface area (Å²) in [5.74, 6) is 0.190. The molecular weight excluding hydrogens is 394 g/mol. The maximum atomic E-state index is 12.1. The van der Waals surface area contributed by atoms with Crippen LogP contribution in [0.3, 0.4) is 0 Å². The predicted molar refractivity (Wildman–Crippen MR) is 98.6 cm³/mol. The molecule has 2 amide bonds. The van der Waals surface area contributed by atoms with Gasteiger partial charge in [-0.1, -0.05) is 19.3 Å². The number of hydrazine groups is 1. The van der Waals surface area contributed by atoms with E-state index in [0.29, 0.717) is 15.8 Å². The van der Waals surface area contributed by atoms with Crippen LogP contribution < -0.4 is 20.9 Å². The topological polar surface area (TPSA) is 79.5 Å². The molecule has 6 nitrogen and oxygen atoms in total. The Balaban J connectivity index is 1.82. The first-order chi connectivity index (χ1) is 11.5. The van der Waals surface area contributed by atoms with Crippen LogP contribution in [0, 0.1) is 5.92 Å². The minimum atomic E-state index is -0.372. The number of thiocarbonyl (C=S) groups is 1. The van der Waals surface area contributed by atoms with Crippen LogP contribution in [0.15, 0.2) is 22.7 Å². The molecule has 0 aliphatic heterocycles. The van der Waals surface area contributed by atoms with Gasteiger partial charge in [0.2, 0.25) is 5.91 Å². The summed E-state index contributed by atoms with van der Waals surface area (Å²) in [5, 5.41) is 2.58. The largest absolute Gasteiger partial charge is 0.496 e. The van der Waals surface area contributed by atoms with Crippen molar-refractivity contribution in [3.05, 3.63) is 28.2 Å². The van der Waals surface area contributed by atoms with Crippen LogP contribution in [0.25, 0.3) is 0 Å². The highest BCUT2D eigenvalue weighted by atomic mass is 79.9. The normalized spacial score (nSPS) is 14.6. The fourth-order valence-electron chi connectivity index (χ4n) is 2.60. The second-order valence-corrected chi connectivity index (χ2v) is 6.84. The summed E-state index contributed by atoms with van der Waals surface area (Å²) in [7, 11) is 1.55. The van der Waals surface area contributed by atoms with Gasteiger partial charge < -0.3 is 4.74 Å². The average Bonchev–Trinajstić information content (AvgIpc) is 2.60. The van der Waals surface area contributed by atoms with Crippen molar-refractivity contribution in [2.75, 3.05) is 7.11 Å².